The molecule has 0 aliphatic rings. The first kappa shape index (κ1) is 12.5. The van der Waals surface area contributed by atoms with E-state index in [1.54, 1.807) is 0 Å². The molecule has 1 aromatic carbocycles. The number of hydrogen-bond acceptors (Lipinski definition) is 3. The summed E-state index contributed by atoms with van der Waals surface area (Å²) in [7, 11) is 1.95. The van der Waals surface area contributed by atoms with Gasteiger partial charge in [0, 0.05) is 24.2 Å². The van der Waals surface area contributed by atoms with E-state index in [-0.39, 0.29) is 12.6 Å². The summed E-state index contributed by atoms with van der Waals surface area (Å²) in [6, 6.07) is 7.77. The van der Waals surface area contributed by atoms with E-state index >= 15 is 0 Å². The molecule has 4 heteroatoms. The van der Waals surface area contributed by atoms with Crippen molar-refractivity contribution in [2.45, 2.75) is 6.04 Å². The van der Waals surface area contributed by atoms with Gasteiger partial charge in [0.15, 0.2) is 0 Å². The lowest BCUT2D eigenvalue weighted by atomic mass is 10.1. The number of aliphatic hydroxyl groups excluding tert-OH is 1. The van der Waals surface area contributed by atoms with Gasteiger partial charge in [0.05, 0.1) is 6.61 Å². The molecule has 0 aliphatic carbocycles. The van der Waals surface area contributed by atoms with E-state index in [0.29, 0.717) is 13.1 Å². The summed E-state index contributed by atoms with van der Waals surface area (Å²) < 4.78 is 0. The van der Waals surface area contributed by atoms with E-state index in [1.165, 1.54) is 0 Å². The molecule has 0 spiro atoms. The molecule has 0 saturated heterocycles. The zero-order chi connectivity index (χ0) is 11.3. The first-order valence-electron chi connectivity index (χ1n) is 4.95. The standard InChI is InChI=1S/C11H17ClN2O/c1-14(6-7-15)11(8-13)9-2-4-10(12)5-3-9/h2-5,11,15H,6-8,13H2,1H3. The van der Waals surface area contributed by atoms with Crippen LogP contribution in [0.3, 0.4) is 0 Å². The number of benzene rings is 1. The van der Waals surface area contributed by atoms with Crippen molar-refractivity contribution in [3.8, 4) is 0 Å². The van der Waals surface area contributed by atoms with Crippen LogP contribution in [0.2, 0.25) is 5.02 Å². The number of rotatable bonds is 5. The second-order valence-corrected chi connectivity index (χ2v) is 3.94. The molecule has 15 heavy (non-hydrogen) atoms. The van der Waals surface area contributed by atoms with E-state index in [9.17, 15) is 0 Å². The van der Waals surface area contributed by atoms with Crippen molar-refractivity contribution in [1.82, 2.24) is 4.90 Å². The van der Waals surface area contributed by atoms with Crippen LogP contribution in [0.1, 0.15) is 11.6 Å². The fraction of sp³-hybridized carbons (Fsp3) is 0.455. The highest BCUT2D eigenvalue weighted by Gasteiger charge is 2.14. The molecule has 0 aromatic heterocycles. The van der Waals surface area contributed by atoms with Gasteiger partial charge in [-0.15, -0.1) is 0 Å². The average Bonchev–Trinajstić information content (AvgIpc) is 2.22. The summed E-state index contributed by atoms with van der Waals surface area (Å²) in [5.41, 5.74) is 6.84. The summed E-state index contributed by atoms with van der Waals surface area (Å²) in [5.74, 6) is 0. The van der Waals surface area contributed by atoms with E-state index < -0.39 is 0 Å². The van der Waals surface area contributed by atoms with Crippen LogP contribution in [0.5, 0.6) is 0 Å². The number of likely N-dealkylation sites (N-methyl/N-ethyl adjacent to an activating group) is 1. The SMILES string of the molecule is CN(CCO)C(CN)c1ccc(Cl)cc1. The van der Waals surface area contributed by atoms with Crippen molar-refractivity contribution < 1.29 is 5.11 Å². The van der Waals surface area contributed by atoms with Gasteiger partial charge in [0.1, 0.15) is 0 Å². The molecule has 3 N–H and O–H groups in total. The third kappa shape index (κ3) is 3.47. The smallest absolute Gasteiger partial charge is 0.0558 e. The van der Waals surface area contributed by atoms with Crippen LogP contribution < -0.4 is 5.73 Å². The number of nitrogens with zero attached hydrogens (tertiary/aromatic N) is 1. The van der Waals surface area contributed by atoms with Crippen LogP contribution in [0.4, 0.5) is 0 Å². The lowest BCUT2D eigenvalue weighted by molar-refractivity contribution is 0.183. The topological polar surface area (TPSA) is 49.5 Å². The first-order valence-corrected chi connectivity index (χ1v) is 5.33. The van der Waals surface area contributed by atoms with Crippen LogP contribution in [-0.4, -0.2) is 36.8 Å². The molecule has 1 aromatic rings. The van der Waals surface area contributed by atoms with Gasteiger partial charge in [-0.25, -0.2) is 0 Å². The minimum Gasteiger partial charge on any atom is -0.395 e. The second kappa shape index (κ2) is 6.08. The molecule has 1 unspecified atom stereocenters. The minimum atomic E-state index is 0.134. The van der Waals surface area contributed by atoms with Crippen molar-refractivity contribution in [2.24, 2.45) is 5.73 Å². The molecule has 1 rings (SSSR count). The highest BCUT2D eigenvalue weighted by atomic mass is 35.5. The van der Waals surface area contributed by atoms with Gasteiger partial charge in [-0.1, -0.05) is 23.7 Å². The van der Waals surface area contributed by atoms with Gasteiger partial charge in [0.25, 0.3) is 0 Å². The largest absolute Gasteiger partial charge is 0.395 e. The van der Waals surface area contributed by atoms with Gasteiger partial charge >= 0.3 is 0 Å². The van der Waals surface area contributed by atoms with Crippen LogP contribution in [-0.2, 0) is 0 Å². The van der Waals surface area contributed by atoms with E-state index in [4.69, 9.17) is 22.4 Å². The molecule has 0 radical (unpaired) electrons. The Morgan fingerprint density at radius 3 is 2.47 bits per heavy atom. The Kier molecular flexibility index (Phi) is 5.05. The Hall–Kier alpha value is -0.610. The van der Waals surface area contributed by atoms with Crippen molar-refractivity contribution in [2.75, 3.05) is 26.7 Å². The maximum absolute atomic E-state index is 8.87. The van der Waals surface area contributed by atoms with E-state index in [1.807, 2.05) is 36.2 Å². The Bertz CT molecular complexity index is 289. The first-order chi connectivity index (χ1) is 7.19. The molecule has 1 atom stereocenters. The number of halogens is 1. The Labute approximate surface area is 95.5 Å². The fourth-order valence-electron chi connectivity index (χ4n) is 1.57. The molecule has 0 aliphatic heterocycles. The molecular formula is C11H17ClN2O. The summed E-state index contributed by atoms with van der Waals surface area (Å²) in [6.45, 7) is 1.28. The molecule has 0 heterocycles. The summed E-state index contributed by atoms with van der Waals surface area (Å²) >= 11 is 5.82. The fourth-order valence-corrected chi connectivity index (χ4v) is 1.69. The average molecular weight is 229 g/mol. The molecule has 3 nitrogen and oxygen atoms in total. The third-order valence-corrected chi connectivity index (χ3v) is 2.71. The molecule has 0 bridgehead atoms. The number of nitrogens with two attached hydrogens (primary N) is 1. The lowest BCUT2D eigenvalue weighted by Gasteiger charge is -2.26. The number of aliphatic hydroxyl groups is 1. The molecule has 0 saturated carbocycles. The second-order valence-electron chi connectivity index (χ2n) is 3.51. The zero-order valence-electron chi connectivity index (χ0n) is 8.86. The van der Waals surface area contributed by atoms with Crippen LogP contribution in [0.25, 0.3) is 0 Å². The molecular weight excluding hydrogens is 212 g/mol. The lowest BCUT2D eigenvalue weighted by Crippen LogP contribution is -2.32. The Balaban J connectivity index is 2.77. The molecule has 0 amide bonds. The molecule has 84 valence electrons. The van der Waals surface area contributed by atoms with E-state index in [2.05, 4.69) is 0 Å². The maximum Gasteiger partial charge on any atom is 0.0558 e. The Morgan fingerprint density at radius 2 is 2.00 bits per heavy atom. The predicted octanol–water partition coefficient (Wildman–Crippen LogP) is 1.26. The van der Waals surface area contributed by atoms with Gasteiger partial charge in [0.2, 0.25) is 0 Å². The van der Waals surface area contributed by atoms with Crippen molar-refractivity contribution in [1.29, 1.82) is 0 Å². The highest BCUT2D eigenvalue weighted by Crippen LogP contribution is 2.19. The predicted molar refractivity (Wildman–Crippen MR) is 63.0 cm³/mol. The van der Waals surface area contributed by atoms with Crippen LogP contribution >= 0.6 is 11.6 Å². The summed E-state index contributed by atoms with van der Waals surface area (Å²) in [5, 5.41) is 9.59. The van der Waals surface area contributed by atoms with Crippen LogP contribution in [0, 0.1) is 0 Å². The van der Waals surface area contributed by atoms with Crippen molar-refractivity contribution >= 4 is 11.6 Å². The van der Waals surface area contributed by atoms with Crippen molar-refractivity contribution in [3.63, 3.8) is 0 Å². The van der Waals surface area contributed by atoms with Gasteiger partial charge in [-0.3, -0.25) is 4.90 Å². The molecule has 0 fully saturated rings. The Morgan fingerprint density at radius 1 is 1.40 bits per heavy atom. The van der Waals surface area contributed by atoms with Crippen LogP contribution in [0.15, 0.2) is 24.3 Å². The zero-order valence-corrected chi connectivity index (χ0v) is 9.61. The van der Waals surface area contributed by atoms with Gasteiger partial charge < -0.3 is 10.8 Å². The summed E-state index contributed by atoms with van der Waals surface area (Å²) in [6.07, 6.45) is 0. The maximum atomic E-state index is 8.87. The normalized spacial score (nSPS) is 13.1. The third-order valence-electron chi connectivity index (χ3n) is 2.46. The minimum absolute atomic E-state index is 0.134. The highest BCUT2D eigenvalue weighted by molar-refractivity contribution is 6.30. The van der Waals surface area contributed by atoms with Gasteiger partial charge in [-0.2, -0.15) is 0 Å². The summed E-state index contributed by atoms with van der Waals surface area (Å²) in [4.78, 5) is 2.03. The van der Waals surface area contributed by atoms with Crippen molar-refractivity contribution in [3.05, 3.63) is 34.9 Å². The monoisotopic (exact) mass is 228 g/mol. The number of hydrogen-bond donors (Lipinski definition) is 2. The van der Waals surface area contributed by atoms with Gasteiger partial charge in [-0.05, 0) is 24.7 Å². The quantitative estimate of drug-likeness (QED) is 0.798. The van der Waals surface area contributed by atoms with E-state index in [0.717, 1.165) is 10.6 Å².